The Labute approximate surface area is 81.2 Å². The topological polar surface area (TPSA) is 42.9 Å². The van der Waals surface area contributed by atoms with Crippen LogP contribution in [0.5, 0.6) is 0 Å². The summed E-state index contributed by atoms with van der Waals surface area (Å²) >= 11 is 5.77. The van der Waals surface area contributed by atoms with Gasteiger partial charge in [0.2, 0.25) is 0 Å². The number of carbonyl (C=O) groups is 1. The molecule has 0 amide bonds. The molecule has 4 heteroatoms. The van der Waals surface area contributed by atoms with Gasteiger partial charge in [-0.25, -0.2) is 9.97 Å². The zero-order chi connectivity index (χ0) is 9.42. The number of aryl methyl sites for hydroxylation is 1. The van der Waals surface area contributed by atoms with E-state index in [0.29, 0.717) is 11.0 Å². The van der Waals surface area contributed by atoms with Gasteiger partial charge >= 0.3 is 0 Å². The second kappa shape index (κ2) is 3.07. The van der Waals surface area contributed by atoms with Crippen molar-refractivity contribution in [3.8, 4) is 0 Å². The van der Waals surface area contributed by atoms with Gasteiger partial charge in [0.25, 0.3) is 0 Å². The van der Waals surface area contributed by atoms with Gasteiger partial charge < -0.3 is 4.79 Å². The SMILES string of the molecule is Cc1nc(Cl)cc([C@H]2C[C@@H]2C=O)n1. The summed E-state index contributed by atoms with van der Waals surface area (Å²) in [7, 11) is 0. The molecule has 0 spiro atoms. The van der Waals surface area contributed by atoms with Crippen LogP contribution in [0.25, 0.3) is 0 Å². The van der Waals surface area contributed by atoms with Gasteiger partial charge in [0.1, 0.15) is 17.3 Å². The van der Waals surface area contributed by atoms with E-state index in [4.69, 9.17) is 11.6 Å². The quantitative estimate of drug-likeness (QED) is 0.535. The molecule has 3 nitrogen and oxygen atoms in total. The fourth-order valence-corrected chi connectivity index (χ4v) is 1.68. The van der Waals surface area contributed by atoms with Gasteiger partial charge in [0.15, 0.2) is 0 Å². The Balaban J connectivity index is 2.26. The zero-order valence-electron chi connectivity index (χ0n) is 7.20. The van der Waals surface area contributed by atoms with Gasteiger partial charge in [-0.1, -0.05) is 11.6 Å². The average Bonchev–Trinajstić information content (AvgIpc) is 2.80. The smallest absolute Gasteiger partial charge is 0.133 e. The highest BCUT2D eigenvalue weighted by Crippen LogP contribution is 2.45. The summed E-state index contributed by atoms with van der Waals surface area (Å²) in [5.74, 6) is 1.08. The number of carbonyl (C=O) groups excluding carboxylic acids is 1. The van der Waals surface area contributed by atoms with E-state index in [1.165, 1.54) is 0 Å². The standard InChI is InChI=1S/C9H9ClN2O/c1-5-11-8(3-9(10)12-5)7-2-6(7)4-13/h3-4,6-7H,2H2,1H3/t6-,7+/m1/s1. The molecule has 0 unspecified atom stereocenters. The summed E-state index contributed by atoms with van der Waals surface area (Å²) in [4.78, 5) is 18.6. The molecular formula is C9H9ClN2O. The molecule has 1 aromatic rings. The minimum absolute atomic E-state index is 0.144. The first-order chi connectivity index (χ1) is 6.20. The third kappa shape index (κ3) is 1.70. The first-order valence-electron chi connectivity index (χ1n) is 4.17. The average molecular weight is 197 g/mol. The Bertz CT molecular complexity index is 333. The highest BCUT2D eigenvalue weighted by molar-refractivity contribution is 6.29. The highest BCUT2D eigenvalue weighted by Gasteiger charge is 2.39. The second-order valence-electron chi connectivity index (χ2n) is 3.30. The lowest BCUT2D eigenvalue weighted by atomic mass is 10.2. The fourth-order valence-electron chi connectivity index (χ4n) is 1.45. The van der Waals surface area contributed by atoms with Crippen molar-refractivity contribution in [2.24, 2.45) is 5.92 Å². The minimum Gasteiger partial charge on any atom is -0.303 e. The van der Waals surface area contributed by atoms with Crippen molar-refractivity contribution in [3.05, 3.63) is 22.7 Å². The number of hydrogen-bond donors (Lipinski definition) is 0. The predicted molar refractivity (Wildman–Crippen MR) is 48.7 cm³/mol. The maximum absolute atomic E-state index is 10.4. The summed E-state index contributed by atoms with van der Waals surface area (Å²) in [6, 6.07) is 1.74. The van der Waals surface area contributed by atoms with Crippen LogP contribution in [-0.4, -0.2) is 16.3 Å². The van der Waals surface area contributed by atoms with Crippen molar-refractivity contribution < 1.29 is 4.79 Å². The van der Waals surface area contributed by atoms with Crippen molar-refractivity contribution in [1.29, 1.82) is 0 Å². The monoisotopic (exact) mass is 196 g/mol. The molecule has 0 radical (unpaired) electrons. The van der Waals surface area contributed by atoms with Crippen LogP contribution in [0.1, 0.15) is 23.9 Å². The molecule has 1 aromatic heterocycles. The molecule has 1 fully saturated rings. The fraction of sp³-hybridized carbons (Fsp3) is 0.444. The summed E-state index contributed by atoms with van der Waals surface area (Å²) in [6.07, 6.45) is 1.88. The van der Waals surface area contributed by atoms with Gasteiger partial charge in [-0.2, -0.15) is 0 Å². The van der Waals surface area contributed by atoms with E-state index >= 15 is 0 Å². The molecule has 0 aliphatic heterocycles. The van der Waals surface area contributed by atoms with Gasteiger partial charge in [-0.05, 0) is 19.4 Å². The Morgan fingerprint density at radius 3 is 2.92 bits per heavy atom. The lowest BCUT2D eigenvalue weighted by Gasteiger charge is -1.99. The number of aromatic nitrogens is 2. The van der Waals surface area contributed by atoms with E-state index in [2.05, 4.69) is 9.97 Å². The van der Waals surface area contributed by atoms with E-state index in [9.17, 15) is 4.79 Å². The number of halogens is 1. The highest BCUT2D eigenvalue weighted by atomic mass is 35.5. The first-order valence-corrected chi connectivity index (χ1v) is 4.55. The lowest BCUT2D eigenvalue weighted by Crippen LogP contribution is -1.95. The summed E-state index contributed by atoms with van der Waals surface area (Å²) in [5, 5.41) is 0.457. The minimum atomic E-state index is 0.144. The molecule has 1 aliphatic rings. The van der Waals surface area contributed by atoms with Crippen molar-refractivity contribution >= 4 is 17.9 Å². The lowest BCUT2D eigenvalue weighted by molar-refractivity contribution is -0.108. The Morgan fingerprint density at radius 2 is 2.38 bits per heavy atom. The molecule has 68 valence electrons. The first kappa shape index (κ1) is 8.63. The van der Waals surface area contributed by atoms with Crippen LogP contribution in [0.2, 0.25) is 5.15 Å². The Kier molecular flexibility index (Phi) is 2.04. The van der Waals surface area contributed by atoms with E-state index in [0.717, 1.165) is 18.4 Å². The van der Waals surface area contributed by atoms with Crippen LogP contribution >= 0.6 is 11.6 Å². The maximum atomic E-state index is 10.4. The molecular weight excluding hydrogens is 188 g/mol. The molecule has 0 N–H and O–H groups in total. The van der Waals surface area contributed by atoms with Crippen LogP contribution < -0.4 is 0 Å². The largest absolute Gasteiger partial charge is 0.303 e. The van der Waals surface area contributed by atoms with Gasteiger partial charge in [-0.15, -0.1) is 0 Å². The second-order valence-corrected chi connectivity index (χ2v) is 3.69. The van der Waals surface area contributed by atoms with E-state index in [1.54, 1.807) is 13.0 Å². The molecule has 1 saturated carbocycles. The van der Waals surface area contributed by atoms with E-state index in [1.807, 2.05) is 0 Å². The van der Waals surface area contributed by atoms with Crippen LogP contribution in [0.4, 0.5) is 0 Å². The molecule has 2 atom stereocenters. The number of hydrogen-bond acceptors (Lipinski definition) is 3. The number of nitrogens with zero attached hydrogens (tertiary/aromatic N) is 2. The van der Waals surface area contributed by atoms with E-state index < -0.39 is 0 Å². The molecule has 13 heavy (non-hydrogen) atoms. The van der Waals surface area contributed by atoms with E-state index in [-0.39, 0.29) is 11.8 Å². The van der Waals surface area contributed by atoms with Crippen molar-refractivity contribution in [2.45, 2.75) is 19.3 Å². The van der Waals surface area contributed by atoms with Crippen molar-refractivity contribution in [2.75, 3.05) is 0 Å². The van der Waals surface area contributed by atoms with Crippen LogP contribution in [0, 0.1) is 12.8 Å². The summed E-state index contributed by atoms with van der Waals surface area (Å²) < 4.78 is 0. The Morgan fingerprint density at radius 1 is 1.62 bits per heavy atom. The van der Waals surface area contributed by atoms with Gasteiger partial charge in [0, 0.05) is 17.5 Å². The van der Waals surface area contributed by atoms with Crippen LogP contribution in [0.3, 0.4) is 0 Å². The summed E-state index contributed by atoms with van der Waals surface area (Å²) in [6.45, 7) is 1.80. The molecule has 2 rings (SSSR count). The van der Waals surface area contributed by atoms with Gasteiger partial charge in [-0.3, -0.25) is 0 Å². The van der Waals surface area contributed by atoms with Crippen molar-refractivity contribution in [3.63, 3.8) is 0 Å². The molecule has 1 heterocycles. The van der Waals surface area contributed by atoms with Crippen molar-refractivity contribution in [1.82, 2.24) is 9.97 Å². The number of aldehydes is 1. The molecule has 0 saturated heterocycles. The predicted octanol–water partition coefficient (Wildman–Crippen LogP) is 1.74. The molecule has 1 aliphatic carbocycles. The normalized spacial score (nSPS) is 25.7. The summed E-state index contributed by atoms with van der Waals surface area (Å²) in [5.41, 5.74) is 0.898. The van der Waals surface area contributed by atoms with Gasteiger partial charge in [0.05, 0.1) is 0 Å². The van der Waals surface area contributed by atoms with Crippen LogP contribution in [0.15, 0.2) is 6.07 Å². The third-order valence-electron chi connectivity index (χ3n) is 2.22. The Hall–Kier alpha value is -0.960. The van der Waals surface area contributed by atoms with Crippen LogP contribution in [-0.2, 0) is 4.79 Å². The third-order valence-corrected chi connectivity index (χ3v) is 2.41. The molecule has 0 aromatic carbocycles. The maximum Gasteiger partial charge on any atom is 0.133 e. The number of rotatable bonds is 2. The molecule has 0 bridgehead atoms. The zero-order valence-corrected chi connectivity index (χ0v) is 7.95.